The van der Waals surface area contributed by atoms with Gasteiger partial charge in [0.2, 0.25) is 0 Å². The smallest absolute Gasteiger partial charge is 0.541 e. The van der Waals surface area contributed by atoms with Crippen molar-refractivity contribution >= 4 is 6.29 Å². The van der Waals surface area contributed by atoms with Crippen molar-refractivity contribution in [1.82, 2.24) is 4.90 Å². The van der Waals surface area contributed by atoms with Gasteiger partial charge in [-0.1, -0.05) is 160 Å². The van der Waals surface area contributed by atoms with Crippen LogP contribution in [0.5, 0.6) is 0 Å². The first kappa shape index (κ1) is 42.2. The molecular weight excluding hydrogens is 646 g/mol. The van der Waals surface area contributed by atoms with E-state index in [0.717, 1.165) is 16.7 Å². The second-order valence-electron chi connectivity index (χ2n) is 8.88. The van der Waals surface area contributed by atoms with Crippen molar-refractivity contribution in [2.24, 2.45) is 0 Å². The molecule has 0 amide bonds. The van der Waals surface area contributed by atoms with Gasteiger partial charge in [0.1, 0.15) is 0 Å². The zero-order chi connectivity index (χ0) is 28.7. The second-order valence-corrected chi connectivity index (χ2v) is 8.88. The van der Waals surface area contributed by atoms with Crippen LogP contribution in [0.1, 0.15) is 125 Å². The molecule has 0 unspecified atom stereocenters. The Kier molecular flexibility index (Phi) is 37.7. The zero-order valence-corrected chi connectivity index (χ0v) is 29.6. The minimum atomic E-state index is 0. The fraction of sp³-hybridized carbons (Fsp3) is 0.611. The first-order valence-electron chi connectivity index (χ1n) is 15.9. The summed E-state index contributed by atoms with van der Waals surface area (Å²) in [5.74, 6) is 0. The monoisotopic (exact) mass is 707 g/mol. The van der Waals surface area contributed by atoms with Crippen LogP contribution in [0.15, 0.2) is 54.6 Å². The number of nitrogens with zero attached hydrogens (tertiary/aromatic N) is 1. The summed E-state index contributed by atoms with van der Waals surface area (Å²) >= 11 is 0. The van der Waals surface area contributed by atoms with Crippen LogP contribution >= 0.6 is 0 Å². The summed E-state index contributed by atoms with van der Waals surface area (Å²) in [7, 11) is 0. The molecule has 1 aliphatic rings. The number of hydrogen-bond acceptors (Lipinski definition) is 2. The molecule has 39 heavy (non-hydrogen) atoms. The van der Waals surface area contributed by atoms with Gasteiger partial charge in [0, 0.05) is 0 Å². The van der Waals surface area contributed by atoms with Crippen LogP contribution in [0.25, 0.3) is 11.1 Å². The fourth-order valence-corrected chi connectivity index (χ4v) is 4.33. The first-order valence-corrected chi connectivity index (χ1v) is 15.9. The molecule has 2 nitrogen and oxygen atoms in total. The summed E-state index contributed by atoms with van der Waals surface area (Å²) in [6.45, 7) is 18.3. The molecular formula is C36H61NOW. The van der Waals surface area contributed by atoms with E-state index in [2.05, 4.69) is 18.2 Å². The minimum absolute atomic E-state index is 0. The summed E-state index contributed by atoms with van der Waals surface area (Å²) < 4.78 is 0. The Labute approximate surface area is 259 Å². The van der Waals surface area contributed by atoms with Crippen molar-refractivity contribution in [3.8, 4) is 11.1 Å². The predicted molar refractivity (Wildman–Crippen MR) is 173 cm³/mol. The topological polar surface area (TPSA) is 20.3 Å². The van der Waals surface area contributed by atoms with Gasteiger partial charge in [0.05, 0.1) is 0 Å². The maximum atomic E-state index is 10.4. The second kappa shape index (κ2) is 34.8. The molecule has 0 N–H and O–H groups in total. The molecule has 1 heterocycles. The van der Waals surface area contributed by atoms with E-state index >= 15 is 0 Å². The minimum Gasteiger partial charge on any atom is -0.541 e. The van der Waals surface area contributed by atoms with Gasteiger partial charge < -0.3 is 16.1 Å². The Hall–Kier alpha value is -1.24. The van der Waals surface area contributed by atoms with Crippen LogP contribution in [-0.2, 0) is 32.3 Å². The third kappa shape index (κ3) is 23.2. The van der Waals surface area contributed by atoms with Crippen LogP contribution in [0.3, 0.4) is 0 Å². The summed E-state index contributed by atoms with van der Waals surface area (Å²) in [4.78, 5) is 13.1. The number of unbranched alkanes of at least 4 members (excludes halogenated alkanes) is 8. The van der Waals surface area contributed by atoms with E-state index in [9.17, 15) is 4.79 Å². The summed E-state index contributed by atoms with van der Waals surface area (Å²) in [6.07, 6.45) is 20.4. The van der Waals surface area contributed by atoms with Crippen LogP contribution in [-0.4, -0.2) is 30.8 Å². The van der Waals surface area contributed by atoms with E-state index in [1.54, 1.807) is 0 Å². The number of piperidine rings is 1. The van der Waals surface area contributed by atoms with Crippen molar-refractivity contribution in [2.45, 2.75) is 126 Å². The number of hydrogen-bond donors (Lipinski definition) is 0. The Morgan fingerprint density at radius 3 is 1.72 bits per heavy atom. The van der Waals surface area contributed by atoms with Gasteiger partial charge >= 0.3 is 21.1 Å². The van der Waals surface area contributed by atoms with Gasteiger partial charge in [-0.15, -0.1) is 6.42 Å². The van der Waals surface area contributed by atoms with Crippen LogP contribution in [0, 0.1) is 6.42 Å². The van der Waals surface area contributed by atoms with Gasteiger partial charge in [-0.3, -0.25) is 6.29 Å². The summed E-state index contributed by atoms with van der Waals surface area (Å²) in [5.41, 5.74) is 3.28. The third-order valence-corrected chi connectivity index (χ3v) is 6.24. The molecule has 1 aliphatic heterocycles. The Morgan fingerprint density at radius 2 is 1.18 bits per heavy atom. The van der Waals surface area contributed by atoms with E-state index < -0.39 is 0 Å². The number of carbonyl (C=O) groups excluding carboxylic acids is 1. The predicted octanol–water partition coefficient (Wildman–Crippen LogP) is 10.9. The van der Waals surface area contributed by atoms with E-state index in [1.807, 2.05) is 102 Å². The fourth-order valence-electron chi connectivity index (χ4n) is 4.33. The van der Waals surface area contributed by atoms with Gasteiger partial charge in [-0.05, 0) is 37.2 Å². The van der Waals surface area contributed by atoms with Gasteiger partial charge in [-0.25, -0.2) is 0 Å². The number of rotatable bonds is 13. The van der Waals surface area contributed by atoms with Crippen molar-refractivity contribution in [3.05, 3.63) is 66.6 Å². The van der Waals surface area contributed by atoms with Crippen molar-refractivity contribution in [2.75, 3.05) is 19.6 Å². The van der Waals surface area contributed by atoms with Crippen molar-refractivity contribution in [3.63, 3.8) is 0 Å². The van der Waals surface area contributed by atoms with Crippen LogP contribution in [0.4, 0.5) is 0 Å². The molecule has 1 saturated heterocycles. The molecule has 0 spiro atoms. The van der Waals surface area contributed by atoms with Crippen LogP contribution < -0.4 is 0 Å². The Balaban J connectivity index is -0.000000547. The molecule has 0 saturated carbocycles. The molecule has 0 atom stereocenters. The molecule has 0 aliphatic carbocycles. The molecule has 2 aromatic carbocycles. The SMILES string of the molecule is CC.CC.CC.CCCCCCCCCCCN1CC[CH-]CC1.O=[C-]Cc1ccccc1-c1ccccc1.[W+2]. The number of likely N-dealkylation sites (tertiary alicyclic amines) is 1. The molecule has 0 radical (unpaired) electrons. The summed E-state index contributed by atoms with van der Waals surface area (Å²) in [6, 6.07) is 18.0. The van der Waals surface area contributed by atoms with Gasteiger partial charge in [0.15, 0.2) is 0 Å². The molecule has 1 fully saturated rings. The molecule has 222 valence electrons. The van der Waals surface area contributed by atoms with Gasteiger partial charge in [0.25, 0.3) is 0 Å². The molecule has 0 aromatic heterocycles. The first-order chi connectivity index (χ1) is 18.8. The number of benzene rings is 2. The summed E-state index contributed by atoms with van der Waals surface area (Å²) in [5, 5.41) is 0. The largest absolute Gasteiger partial charge is 2.00 e. The molecule has 3 heteroatoms. The molecule has 0 bridgehead atoms. The average Bonchev–Trinajstić information content (AvgIpc) is 3.01. The quantitative estimate of drug-likeness (QED) is 0.153. The normalized spacial score (nSPS) is 11.9. The van der Waals surface area contributed by atoms with Crippen LogP contribution in [0.2, 0.25) is 0 Å². The Bertz CT molecular complexity index is 713. The maximum Gasteiger partial charge on any atom is 2.00 e. The van der Waals surface area contributed by atoms with E-state index in [0.29, 0.717) is 6.42 Å². The average molecular weight is 708 g/mol. The van der Waals surface area contributed by atoms with E-state index in [-0.39, 0.29) is 21.1 Å². The van der Waals surface area contributed by atoms with E-state index in [4.69, 9.17) is 0 Å². The van der Waals surface area contributed by atoms with Gasteiger partial charge in [-0.2, -0.15) is 12.8 Å². The standard InChI is InChI=1S/C16H32N.C14H11O.3C2H6.W/c1-2-3-4-5-6-7-8-9-11-14-17-15-12-10-13-16-17;15-11-10-13-8-4-5-9-14(13)12-6-2-1-3-7-12;3*1-2;/h10H,2-9,11-16H2,1H3;1-9H,10H2;3*1-2H3;/q2*-1;;;;+2. The molecule has 2 aromatic rings. The maximum absolute atomic E-state index is 10.4. The Morgan fingerprint density at radius 1 is 0.692 bits per heavy atom. The van der Waals surface area contributed by atoms with Crippen molar-refractivity contribution in [1.29, 1.82) is 0 Å². The van der Waals surface area contributed by atoms with E-state index in [1.165, 1.54) is 90.3 Å². The third-order valence-electron chi connectivity index (χ3n) is 6.24. The van der Waals surface area contributed by atoms with Crippen molar-refractivity contribution < 1.29 is 25.9 Å². The molecule has 3 rings (SSSR count). The zero-order valence-electron chi connectivity index (χ0n) is 26.6.